The predicted octanol–water partition coefficient (Wildman–Crippen LogP) is 9.74. The van der Waals surface area contributed by atoms with Crippen molar-refractivity contribution in [1.29, 1.82) is 0 Å². The molecule has 0 aromatic heterocycles. The number of aliphatic hydroxyl groups is 1. The molecule has 7 rings (SSSR count). The Morgan fingerprint density at radius 2 is 1.05 bits per heavy atom. The summed E-state index contributed by atoms with van der Waals surface area (Å²) in [5, 5.41) is 15.2. The van der Waals surface area contributed by atoms with Gasteiger partial charge in [-0.1, -0.05) is 140 Å². The van der Waals surface area contributed by atoms with Gasteiger partial charge in [0.15, 0.2) is 0 Å². The first kappa shape index (κ1) is 27.0. The summed E-state index contributed by atoms with van der Waals surface area (Å²) >= 11 is -0.556. The average molecular weight is 593 g/mol. The van der Waals surface area contributed by atoms with Gasteiger partial charge in [-0.15, -0.1) is 0 Å². The number of fused-ring (bicyclic) bond motifs is 4. The molecule has 0 fully saturated rings. The Labute approximate surface area is 251 Å². The van der Waals surface area contributed by atoms with E-state index in [2.05, 4.69) is 78.9 Å². The SMILES string of the molecule is OC(c1ccccc1)(c1ccccc1)c1c(-c2cccc3c2Cc2ccccc2-3)ccc2ccccc12.[Cl][Ti][Cl]. The molecule has 0 saturated carbocycles. The second kappa shape index (κ2) is 11.7. The van der Waals surface area contributed by atoms with E-state index in [-0.39, 0.29) is 0 Å². The maximum atomic E-state index is 13.0. The number of halogens is 2. The second-order valence-corrected chi connectivity index (χ2v) is 12.5. The molecule has 40 heavy (non-hydrogen) atoms. The van der Waals surface area contributed by atoms with Crippen molar-refractivity contribution in [1.82, 2.24) is 0 Å². The summed E-state index contributed by atoms with van der Waals surface area (Å²) in [5.41, 5.74) is 8.82. The Kier molecular flexibility index (Phi) is 7.94. The molecule has 0 amide bonds. The van der Waals surface area contributed by atoms with Crippen molar-refractivity contribution < 1.29 is 22.1 Å². The Morgan fingerprint density at radius 1 is 0.525 bits per heavy atom. The Morgan fingerprint density at radius 3 is 1.73 bits per heavy atom. The fraction of sp³-hybridized carbons (Fsp3) is 0.0556. The number of hydrogen-bond donors (Lipinski definition) is 1. The topological polar surface area (TPSA) is 20.2 Å². The van der Waals surface area contributed by atoms with Gasteiger partial charge < -0.3 is 5.11 Å². The summed E-state index contributed by atoms with van der Waals surface area (Å²) in [6.45, 7) is 0. The number of benzene rings is 6. The third-order valence-electron chi connectivity index (χ3n) is 7.81. The zero-order valence-electron chi connectivity index (χ0n) is 21.7. The first-order valence-electron chi connectivity index (χ1n) is 13.2. The van der Waals surface area contributed by atoms with E-state index in [1.807, 2.05) is 60.7 Å². The molecule has 0 saturated heterocycles. The van der Waals surface area contributed by atoms with Crippen molar-refractivity contribution >= 4 is 29.4 Å². The van der Waals surface area contributed by atoms with Crippen molar-refractivity contribution in [2.45, 2.75) is 12.0 Å². The van der Waals surface area contributed by atoms with Gasteiger partial charge in [-0.05, 0) is 61.7 Å². The van der Waals surface area contributed by atoms with Gasteiger partial charge >= 0.3 is 35.6 Å². The van der Waals surface area contributed by atoms with Crippen LogP contribution in [-0.2, 0) is 29.1 Å². The fourth-order valence-electron chi connectivity index (χ4n) is 6.11. The standard InChI is InChI=1S/C36H26O.2ClH.Ti/c37-36(27-14-3-1-4-15-27,28-16-5-2-6-17-28)35-30-19-10-7-12-25(30)22-23-33(35)32-21-11-20-31-29-18-9-8-13-26(29)24-34(31)32;;;/h1-23,37H,24H2;2*1H;/q;;;+2/p-2. The summed E-state index contributed by atoms with van der Waals surface area (Å²) in [6.07, 6.45) is 0.892. The average Bonchev–Trinajstić information content (AvgIpc) is 3.40. The molecule has 1 aliphatic rings. The van der Waals surface area contributed by atoms with Crippen LogP contribution in [0.15, 0.2) is 140 Å². The van der Waals surface area contributed by atoms with Crippen LogP contribution < -0.4 is 0 Å². The van der Waals surface area contributed by atoms with Crippen molar-refractivity contribution in [2.75, 3.05) is 0 Å². The zero-order chi connectivity index (χ0) is 27.5. The van der Waals surface area contributed by atoms with Crippen LogP contribution in [0.3, 0.4) is 0 Å². The molecule has 1 nitrogen and oxygen atoms in total. The van der Waals surface area contributed by atoms with Crippen molar-refractivity contribution in [3.63, 3.8) is 0 Å². The van der Waals surface area contributed by atoms with Crippen molar-refractivity contribution in [3.05, 3.63) is 167 Å². The fourth-order valence-corrected chi connectivity index (χ4v) is 6.11. The minimum absolute atomic E-state index is 0.556. The summed E-state index contributed by atoms with van der Waals surface area (Å²) in [4.78, 5) is 0. The molecule has 1 aliphatic carbocycles. The molecule has 0 radical (unpaired) electrons. The summed E-state index contributed by atoms with van der Waals surface area (Å²) < 4.78 is 0. The van der Waals surface area contributed by atoms with E-state index in [0.717, 1.165) is 39.4 Å². The molecular formula is C36H26Cl2OTi. The summed E-state index contributed by atoms with van der Waals surface area (Å²) in [6, 6.07) is 48.2. The van der Waals surface area contributed by atoms with Gasteiger partial charge in [0.05, 0.1) is 0 Å². The van der Waals surface area contributed by atoms with Gasteiger partial charge in [0.2, 0.25) is 0 Å². The van der Waals surface area contributed by atoms with Crippen LogP contribution >= 0.6 is 18.6 Å². The van der Waals surface area contributed by atoms with Crippen LogP contribution in [0.5, 0.6) is 0 Å². The van der Waals surface area contributed by atoms with E-state index in [4.69, 9.17) is 18.6 Å². The molecule has 4 heteroatoms. The predicted molar refractivity (Wildman–Crippen MR) is 164 cm³/mol. The third-order valence-corrected chi connectivity index (χ3v) is 7.81. The van der Waals surface area contributed by atoms with Crippen molar-refractivity contribution in [3.8, 4) is 22.3 Å². The first-order valence-corrected chi connectivity index (χ1v) is 17.5. The summed E-state index contributed by atoms with van der Waals surface area (Å²) in [7, 11) is 9.78. The quantitative estimate of drug-likeness (QED) is 0.159. The van der Waals surface area contributed by atoms with Crippen LogP contribution in [0.2, 0.25) is 0 Å². The molecule has 1 N–H and O–H groups in total. The van der Waals surface area contributed by atoms with E-state index in [1.54, 1.807) is 0 Å². The molecule has 0 spiro atoms. The van der Waals surface area contributed by atoms with Crippen LogP contribution in [0.25, 0.3) is 33.0 Å². The van der Waals surface area contributed by atoms with E-state index in [9.17, 15) is 5.11 Å². The molecule has 0 atom stereocenters. The van der Waals surface area contributed by atoms with Crippen LogP contribution in [-0.4, -0.2) is 5.11 Å². The van der Waals surface area contributed by atoms with Crippen LogP contribution in [0.4, 0.5) is 0 Å². The molecule has 6 aromatic carbocycles. The molecule has 194 valence electrons. The van der Waals surface area contributed by atoms with E-state index in [1.165, 1.54) is 27.8 Å². The van der Waals surface area contributed by atoms with Gasteiger partial charge in [0.25, 0.3) is 0 Å². The van der Waals surface area contributed by atoms with Gasteiger partial charge in [-0.3, -0.25) is 0 Å². The summed E-state index contributed by atoms with van der Waals surface area (Å²) in [5.74, 6) is 0. The maximum absolute atomic E-state index is 13.0. The van der Waals surface area contributed by atoms with Gasteiger partial charge in [-0.25, -0.2) is 0 Å². The normalized spacial score (nSPS) is 11.8. The van der Waals surface area contributed by atoms with Crippen LogP contribution in [0, 0.1) is 0 Å². The Balaban J connectivity index is 0.000000925. The van der Waals surface area contributed by atoms with E-state index in [0.29, 0.717) is 0 Å². The Bertz CT molecular complexity index is 1740. The van der Waals surface area contributed by atoms with Gasteiger partial charge in [0, 0.05) is 5.56 Å². The number of hydrogen-bond acceptors (Lipinski definition) is 1. The second-order valence-electron chi connectivity index (χ2n) is 9.89. The molecule has 0 unspecified atom stereocenters. The van der Waals surface area contributed by atoms with E-state index < -0.39 is 22.6 Å². The minimum atomic E-state index is -1.34. The monoisotopic (exact) mass is 592 g/mol. The molecule has 0 bridgehead atoms. The first-order chi connectivity index (χ1) is 19.7. The molecule has 6 aromatic rings. The molecule has 0 aliphatic heterocycles. The Hall–Kier alpha value is -3.17. The molecule has 0 heterocycles. The number of rotatable bonds is 4. The zero-order valence-corrected chi connectivity index (χ0v) is 24.8. The van der Waals surface area contributed by atoms with Crippen molar-refractivity contribution in [2.24, 2.45) is 0 Å². The molecular weight excluding hydrogens is 567 g/mol. The van der Waals surface area contributed by atoms with E-state index >= 15 is 0 Å². The van der Waals surface area contributed by atoms with Crippen LogP contribution in [0.1, 0.15) is 27.8 Å². The van der Waals surface area contributed by atoms with Gasteiger partial charge in [-0.2, -0.15) is 0 Å². The van der Waals surface area contributed by atoms with Gasteiger partial charge in [0.1, 0.15) is 5.60 Å². The third kappa shape index (κ3) is 4.73.